The van der Waals surface area contributed by atoms with Crippen LogP contribution in [0.5, 0.6) is 5.75 Å². The van der Waals surface area contributed by atoms with Gasteiger partial charge in [0.25, 0.3) is 0 Å². The highest BCUT2D eigenvalue weighted by atomic mass is 16.3. The summed E-state index contributed by atoms with van der Waals surface area (Å²) in [6.07, 6.45) is 0.463. The van der Waals surface area contributed by atoms with E-state index in [9.17, 15) is 9.90 Å². The molecule has 0 unspecified atom stereocenters. The molecular weight excluding hydrogens is 154 g/mol. The topological polar surface area (TPSA) is 49.3 Å². The second kappa shape index (κ2) is 2.52. The van der Waals surface area contributed by atoms with Gasteiger partial charge in [-0.25, -0.2) is 0 Å². The number of benzene rings is 1. The average Bonchev–Trinajstić information content (AvgIpc) is 2.04. The van der Waals surface area contributed by atoms with Gasteiger partial charge in [0.1, 0.15) is 5.75 Å². The number of anilines is 1. The summed E-state index contributed by atoms with van der Waals surface area (Å²) in [5, 5.41) is 12.4. The molecule has 1 aromatic rings. The van der Waals surface area contributed by atoms with Crippen LogP contribution in [0, 0.1) is 0 Å². The zero-order valence-corrected chi connectivity index (χ0v) is 6.50. The smallest absolute Gasteiger partial charge is 0.170 e. The molecule has 0 aromatic heterocycles. The maximum atomic E-state index is 11.3. The predicted octanol–water partition coefficient (Wildman–Crippen LogP) is 1.39. The van der Waals surface area contributed by atoms with Gasteiger partial charge in [-0.2, -0.15) is 0 Å². The lowest BCUT2D eigenvalue weighted by atomic mass is 10.0. The summed E-state index contributed by atoms with van der Waals surface area (Å²) in [6, 6.07) is 5.05. The minimum Gasteiger partial charge on any atom is -0.507 e. The average molecular weight is 163 g/mol. The highest BCUT2D eigenvalue weighted by molar-refractivity contribution is 6.05. The van der Waals surface area contributed by atoms with Gasteiger partial charge >= 0.3 is 0 Å². The van der Waals surface area contributed by atoms with Crippen molar-refractivity contribution >= 4 is 11.5 Å². The molecule has 1 aliphatic rings. The fourth-order valence-electron chi connectivity index (χ4n) is 1.42. The number of carbonyl (C=O) groups is 1. The van der Waals surface area contributed by atoms with Crippen LogP contribution < -0.4 is 5.32 Å². The number of aromatic hydroxyl groups is 1. The Morgan fingerprint density at radius 1 is 1.42 bits per heavy atom. The van der Waals surface area contributed by atoms with Gasteiger partial charge in [0.05, 0.1) is 5.56 Å². The highest BCUT2D eigenvalue weighted by Gasteiger charge is 2.19. The second-order valence-electron chi connectivity index (χ2n) is 2.80. The highest BCUT2D eigenvalue weighted by Crippen LogP contribution is 2.29. The van der Waals surface area contributed by atoms with Crippen molar-refractivity contribution in [3.8, 4) is 5.75 Å². The first-order valence-corrected chi connectivity index (χ1v) is 3.88. The number of nitrogens with one attached hydrogen (secondary N) is 1. The van der Waals surface area contributed by atoms with Crippen molar-refractivity contribution in [1.29, 1.82) is 0 Å². The molecule has 0 atom stereocenters. The number of fused-ring (bicyclic) bond motifs is 1. The minimum atomic E-state index is 0.0156. The molecule has 0 saturated heterocycles. The zero-order chi connectivity index (χ0) is 8.55. The van der Waals surface area contributed by atoms with E-state index in [-0.39, 0.29) is 11.5 Å². The lowest BCUT2D eigenvalue weighted by molar-refractivity contribution is 0.0981. The van der Waals surface area contributed by atoms with Crippen LogP contribution in [0.15, 0.2) is 18.2 Å². The predicted molar refractivity (Wildman–Crippen MR) is 45.5 cm³/mol. The van der Waals surface area contributed by atoms with Crippen LogP contribution in [0.2, 0.25) is 0 Å². The number of hydrogen-bond donors (Lipinski definition) is 2. The van der Waals surface area contributed by atoms with Crippen molar-refractivity contribution in [2.75, 3.05) is 11.9 Å². The van der Waals surface area contributed by atoms with E-state index in [1.54, 1.807) is 12.1 Å². The molecule has 0 aliphatic carbocycles. The van der Waals surface area contributed by atoms with E-state index in [1.807, 2.05) is 0 Å². The molecule has 1 aromatic carbocycles. The molecular formula is C9H9NO2. The van der Waals surface area contributed by atoms with Crippen LogP contribution in [0.3, 0.4) is 0 Å². The summed E-state index contributed by atoms with van der Waals surface area (Å²) in [4.78, 5) is 11.3. The van der Waals surface area contributed by atoms with E-state index >= 15 is 0 Å². The van der Waals surface area contributed by atoms with E-state index in [0.29, 0.717) is 18.5 Å². The molecule has 1 heterocycles. The Morgan fingerprint density at radius 2 is 2.25 bits per heavy atom. The second-order valence-corrected chi connectivity index (χ2v) is 2.80. The Balaban J connectivity index is 2.60. The summed E-state index contributed by atoms with van der Waals surface area (Å²) >= 11 is 0. The van der Waals surface area contributed by atoms with E-state index in [4.69, 9.17) is 0 Å². The van der Waals surface area contributed by atoms with Crippen LogP contribution in [0.25, 0.3) is 0 Å². The third kappa shape index (κ3) is 0.942. The number of carbonyl (C=O) groups excluding carboxylic acids is 1. The molecule has 0 amide bonds. The van der Waals surface area contributed by atoms with Gasteiger partial charge in [0, 0.05) is 18.7 Å². The molecule has 0 bridgehead atoms. The molecule has 0 radical (unpaired) electrons. The van der Waals surface area contributed by atoms with Gasteiger partial charge in [-0.3, -0.25) is 4.79 Å². The van der Waals surface area contributed by atoms with E-state index in [1.165, 1.54) is 6.07 Å². The van der Waals surface area contributed by atoms with Crippen LogP contribution >= 0.6 is 0 Å². The van der Waals surface area contributed by atoms with Gasteiger partial charge in [-0.15, -0.1) is 0 Å². The van der Waals surface area contributed by atoms with Gasteiger partial charge in [-0.1, -0.05) is 6.07 Å². The standard InChI is InChI=1S/C9H9NO2/c11-7-3-1-2-6-9(7)8(12)4-5-10-6/h1-3,10-11H,4-5H2. The first kappa shape index (κ1) is 7.16. The Hall–Kier alpha value is -1.51. The number of ketones is 1. The molecule has 12 heavy (non-hydrogen) atoms. The fraction of sp³-hybridized carbons (Fsp3) is 0.222. The van der Waals surface area contributed by atoms with E-state index in [0.717, 1.165) is 5.69 Å². The van der Waals surface area contributed by atoms with Crippen molar-refractivity contribution in [1.82, 2.24) is 0 Å². The molecule has 3 nitrogen and oxygen atoms in total. The molecule has 0 saturated carbocycles. The van der Waals surface area contributed by atoms with E-state index in [2.05, 4.69) is 5.32 Å². The maximum Gasteiger partial charge on any atom is 0.170 e. The molecule has 2 rings (SSSR count). The summed E-state index contributed by atoms with van der Waals surface area (Å²) in [5.74, 6) is 0.0894. The quantitative estimate of drug-likeness (QED) is 0.607. The van der Waals surface area contributed by atoms with Gasteiger partial charge in [0.2, 0.25) is 0 Å². The van der Waals surface area contributed by atoms with Crippen molar-refractivity contribution in [2.45, 2.75) is 6.42 Å². The fourth-order valence-corrected chi connectivity index (χ4v) is 1.42. The van der Waals surface area contributed by atoms with Gasteiger partial charge < -0.3 is 10.4 Å². The number of phenols is 1. The van der Waals surface area contributed by atoms with E-state index < -0.39 is 0 Å². The maximum absolute atomic E-state index is 11.3. The van der Waals surface area contributed by atoms with Crippen LogP contribution in [-0.2, 0) is 0 Å². The molecule has 2 N–H and O–H groups in total. The van der Waals surface area contributed by atoms with Crippen LogP contribution in [-0.4, -0.2) is 17.4 Å². The summed E-state index contributed by atoms with van der Waals surface area (Å²) in [5.41, 5.74) is 1.18. The molecule has 1 aliphatic heterocycles. The monoisotopic (exact) mass is 163 g/mol. The van der Waals surface area contributed by atoms with Crippen molar-refractivity contribution < 1.29 is 9.90 Å². The Labute approximate surface area is 70.0 Å². The first-order chi connectivity index (χ1) is 5.79. The third-order valence-electron chi connectivity index (χ3n) is 1.99. The SMILES string of the molecule is O=C1CCNc2cccc(O)c21. The van der Waals surface area contributed by atoms with Crippen LogP contribution in [0.1, 0.15) is 16.8 Å². The lowest BCUT2D eigenvalue weighted by Crippen LogP contribution is -2.17. The summed E-state index contributed by atoms with van der Waals surface area (Å²) in [7, 11) is 0. The van der Waals surface area contributed by atoms with Crippen molar-refractivity contribution in [3.63, 3.8) is 0 Å². The molecule has 0 spiro atoms. The molecule has 3 heteroatoms. The Morgan fingerprint density at radius 3 is 3.00 bits per heavy atom. The Bertz CT molecular complexity index is 333. The lowest BCUT2D eigenvalue weighted by Gasteiger charge is -2.17. The zero-order valence-electron chi connectivity index (χ0n) is 6.50. The largest absolute Gasteiger partial charge is 0.507 e. The summed E-state index contributed by atoms with van der Waals surface area (Å²) in [6.45, 7) is 0.662. The van der Waals surface area contributed by atoms with Crippen LogP contribution in [0.4, 0.5) is 5.69 Å². The third-order valence-corrected chi connectivity index (χ3v) is 1.99. The first-order valence-electron chi connectivity index (χ1n) is 3.88. The number of rotatable bonds is 0. The molecule has 62 valence electrons. The normalized spacial score (nSPS) is 15.2. The van der Waals surface area contributed by atoms with Crippen molar-refractivity contribution in [3.05, 3.63) is 23.8 Å². The number of hydrogen-bond acceptors (Lipinski definition) is 3. The summed E-state index contributed by atoms with van der Waals surface area (Å²) < 4.78 is 0. The molecule has 0 fully saturated rings. The van der Waals surface area contributed by atoms with Crippen molar-refractivity contribution in [2.24, 2.45) is 0 Å². The Kier molecular flexibility index (Phi) is 1.50. The van der Waals surface area contributed by atoms with Gasteiger partial charge in [0.15, 0.2) is 5.78 Å². The number of Topliss-reactive ketones (excluding diaryl/α,β-unsaturated/α-hetero) is 1. The minimum absolute atomic E-state index is 0.0156. The number of phenolic OH excluding ortho intramolecular Hbond substituents is 1. The van der Waals surface area contributed by atoms with Gasteiger partial charge in [-0.05, 0) is 12.1 Å².